The maximum Gasteiger partial charge on any atom is 0.281 e. The van der Waals surface area contributed by atoms with Gasteiger partial charge < -0.3 is 19.7 Å². The van der Waals surface area contributed by atoms with Crippen molar-refractivity contribution in [3.8, 4) is 17.0 Å². The van der Waals surface area contributed by atoms with Gasteiger partial charge in [-0.15, -0.1) is 11.3 Å². The molecule has 0 bridgehead atoms. The Balaban J connectivity index is 1.84. The van der Waals surface area contributed by atoms with Crippen LogP contribution in [0.3, 0.4) is 0 Å². The second-order valence-electron chi connectivity index (χ2n) is 7.93. The summed E-state index contributed by atoms with van der Waals surface area (Å²) in [6, 6.07) is 11.0. The van der Waals surface area contributed by atoms with E-state index >= 15 is 0 Å². The lowest BCUT2D eigenvalue weighted by Crippen LogP contribution is -2.26. The van der Waals surface area contributed by atoms with Crippen LogP contribution in [0.1, 0.15) is 55.6 Å². The largest absolute Gasteiger partial charge is 0.494 e. The van der Waals surface area contributed by atoms with E-state index in [9.17, 15) is 9.59 Å². The number of pyridine rings is 1. The van der Waals surface area contributed by atoms with Crippen molar-refractivity contribution < 1.29 is 19.4 Å². The monoisotopic (exact) mass is 496 g/mol. The van der Waals surface area contributed by atoms with Crippen LogP contribution in [0.15, 0.2) is 53.0 Å². The molecule has 0 unspecified atom stereocenters. The van der Waals surface area contributed by atoms with Gasteiger partial charge in [-0.2, -0.15) is 4.99 Å². The normalized spacial score (nSPS) is 11.5. The Morgan fingerprint density at radius 1 is 1.14 bits per heavy atom. The summed E-state index contributed by atoms with van der Waals surface area (Å²) in [5.74, 6) is 0.461. The zero-order chi connectivity index (χ0) is 25.0. The maximum atomic E-state index is 12.8. The molecule has 0 spiro atoms. The Labute approximate surface area is 209 Å². The summed E-state index contributed by atoms with van der Waals surface area (Å²) in [7, 11) is 0. The summed E-state index contributed by atoms with van der Waals surface area (Å²) in [6.45, 7) is 5.56. The number of unbranched alkanes of at least 4 members (excludes halogenated alkanes) is 1. The molecule has 2 N–H and O–H groups in total. The fourth-order valence-corrected chi connectivity index (χ4v) is 4.37. The molecule has 0 aliphatic carbocycles. The third kappa shape index (κ3) is 7.60. The topological polar surface area (TPSA) is 106 Å². The molecule has 0 saturated carbocycles. The van der Waals surface area contributed by atoms with Gasteiger partial charge >= 0.3 is 0 Å². The van der Waals surface area contributed by atoms with Crippen molar-refractivity contribution in [3.63, 3.8) is 0 Å². The second kappa shape index (κ2) is 13.6. The lowest BCUT2D eigenvalue weighted by Gasteiger charge is -2.11. The van der Waals surface area contributed by atoms with Crippen LogP contribution in [0.5, 0.6) is 5.75 Å². The van der Waals surface area contributed by atoms with Crippen LogP contribution in [0, 0.1) is 0 Å². The first-order valence-corrected chi connectivity index (χ1v) is 12.8. The number of rotatable bonds is 12. The number of aliphatic hydroxyl groups excluding tert-OH is 1. The number of hydrogen-bond acceptors (Lipinski definition) is 6. The number of thiazole rings is 1. The summed E-state index contributed by atoms with van der Waals surface area (Å²) in [4.78, 5) is 33.7. The quantitative estimate of drug-likeness (QED) is 0.370. The van der Waals surface area contributed by atoms with Crippen molar-refractivity contribution in [1.29, 1.82) is 0 Å². The van der Waals surface area contributed by atoms with Crippen molar-refractivity contribution in [3.05, 3.63) is 64.0 Å². The Hall–Kier alpha value is -3.30. The smallest absolute Gasteiger partial charge is 0.281 e. The number of carbonyl (C=O) groups is 2. The molecule has 1 aromatic carbocycles. The highest BCUT2D eigenvalue weighted by Crippen LogP contribution is 2.23. The first-order valence-electron chi connectivity index (χ1n) is 11.9. The zero-order valence-electron chi connectivity index (χ0n) is 20.2. The van der Waals surface area contributed by atoms with E-state index in [1.54, 1.807) is 12.1 Å². The number of hydrogen-bond donors (Lipinski definition) is 2. The minimum absolute atomic E-state index is 0.0628. The molecule has 9 heteroatoms. The van der Waals surface area contributed by atoms with E-state index in [4.69, 9.17) is 9.84 Å². The zero-order valence-corrected chi connectivity index (χ0v) is 21.0. The average molecular weight is 497 g/mol. The van der Waals surface area contributed by atoms with Crippen molar-refractivity contribution in [1.82, 2.24) is 14.9 Å². The highest BCUT2D eigenvalue weighted by molar-refractivity contribution is 7.07. The molecular weight excluding hydrogens is 464 g/mol. The molecule has 8 nitrogen and oxygen atoms in total. The minimum Gasteiger partial charge on any atom is -0.494 e. The van der Waals surface area contributed by atoms with Gasteiger partial charge in [0.1, 0.15) is 5.75 Å². The molecular formula is C26H32N4O4S. The number of carbonyl (C=O) groups excluding carboxylic acids is 2. The molecule has 3 aromatic rings. The minimum atomic E-state index is -0.399. The summed E-state index contributed by atoms with van der Waals surface area (Å²) in [5, 5.41) is 14.1. The number of nitrogens with one attached hydrogen (secondary N) is 1. The van der Waals surface area contributed by atoms with Crippen LogP contribution >= 0.6 is 11.3 Å². The number of nitrogens with zero attached hydrogens (tertiary/aromatic N) is 3. The summed E-state index contributed by atoms with van der Waals surface area (Å²) < 4.78 is 7.56. The van der Waals surface area contributed by atoms with Crippen molar-refractivity contribution in [2.75, 3.05) is 13.2 Å². The Bertz CT molecular complexity index is 1170. The van der Waals surface area contributed by atoms with E-state index in [0.29, 0.717) is 48.6 Å². The van der Waals surface area contributed by atoms with Gasteiger partial charge in [0.05, 0.1) is 30.2 Å². The highest BCUT2D eigenvalue weighted by Gasteiger charge is 2.12. The van der Waals surface area contributed by atoms with Gasteiger partial charge in [-0.05, 0) is 61.7 Å². The highest BCUT2D eigenvalue weighted by atomic mass is 32.1. The van der Waals surface area contributed by atoms with Crippen molar-refractivity contribution in [2.24, 2.45) is 4.99 Å². The van der Waals surface area contributed by atoms with Crippen LogP contribution in [-0.2, 0) is 17.9 Å². The first kappa shape index (κ1) is 26.3. The average Bonchev–Trinajstić information content (AvgIpc) is 3.28. The maximum absolute atomic E-state index is 12.8. The van der Waals surface area contributed by atoms with Gasteiger partial charge in [-0.25, -0.2) is 0 Å². The number of benzene rings is 1. The van der Waals surface area contributed by atoms with Crippen LogP contribution in [0.2, 0.25) is 0 Å². The molecule has 2 aromatic heterocycles. The molecule has 0 saturated heterocycles. The number of aliphatic hydroxyl groups is 1. The molecule has 0 aliphatic rings. The lowest BCUT2D eigenvalue weighted by atomic mass is 10.1. The van der Waals surface area contributed by atoms with Crippen LogP contribution in [-0.4, -0.2) is 39.6 Å². The van der Waals surface area contributed by atoms with Gasteiger partial charge in [0.15, 0.2) is 4.80 Å². The van der Waals surface area contributed by atoms with Gasteiger partial charge in [-0.1, -0.05) is 13.3 Å². The van der Waals surface area contributed by atoms with Crippen LogP contribution < -0.4 is 14.9 Å². The van der Waals surface area contributed by atoms with E-state index in [1.807, 2.05) is 41.1 Å². The molecule has 186 valence electrons. The van der Waals surface area contributed by atoms with Gasteiger partial charge in [-0.3, -0.25) is 14.6 Å². The van der Waals surface area contributed by atoms with Gasteiger partial charge in [0.2, 0.25) is 5.91 Å². The van der Waals surface area contributed by atoms with E-state index in [0.717, 1.165) is 29.8 Å². The molecule has 3 rings (SSSR count). The van der Waals surface area contributed by atoms with Crippen LogP contribution in [0.4, 0.5) is 0 Å². The third-order valence-corrected chi connectivity index (χ3v) is 6.19. The standard InChI is InChI=1S/C26H32N4O4S/c1-3-5-7-24(32)27-14-6-15-30-23(19-9-12-22(13-10-19)34-4-2)18-35-26(30)29-25(33)20-8-11-21(17-31)28-16-20/h8-13,16,18,31H,3-7,14-15,17H2,1-2H3,(H,27,32). The number of ether oxygens (including phenoxy) is 1. The van der Waals surface area contributed by atoms with Gasteiger partial charge in [0.25, 0.3) is 5.91 Å². The molecule has 35 heavy (non-hydrogen) atoms. The van der Waals surface area contributed by atoms with Crippen LogP contribution in [0.25, 0.3) is 11.3 Å². The molecule has 0 aliphatic heterocycles. The fourth-order valence-electron chi connectivity index (χ4n) is 3.44. The number of amides is 2. The van der Waals surface area contributed by atoms with Crippen molar-refractivity contribution >= 4 is 23.2 Å². The predicted octanol–water partition coefficient (Wildman–Crippen LogP) is 3.94. The van der Waals surface area contributed by atoms with Gasteiger partial charge in [0, 0.05) is 31.1 Å². The molecule has 0 atom stereocenters. The molecule has 0 radical (unpaired) electrons. The van der Waals surface area contributed by atoms with E-state index in [2.05, 4.69) is 22.2 Å². The predicted molar refractivity (Wildman–Crippen MR) is 136 cm³/mol. The van der Waals surface area contributed by atoms with Crippen molar-refractivity contribution in [2.45, 2.75) is 52.7 Å². The van der Waals surface area contributed by atoms with E-state index in [-0.39, 0.29) is 12.5 Å². The molecule has 2 heterocycles. The Kier molecular flexibility index (Phi) is 10.2. The second-order valence-corrected chi connectivity index (χ2v) is 8.77. The summed E-state index contributed by atoms with van der Waals surface area (Å²) in [6.07, 6.45) is 4.53. The fraction of sp³-hybridized carbons (Fsp3) is 0.385. The summed E-state index contributed by atoms with van der Waals surface area (Å²) >= 11 is 1.39. The lowest BCUT2D eigenvalue weighted by molar-refractivity contribution is -0.121. The molecule has 2 amide bonds. The first-order chi connectivity index (χ1) is 17.0. The molecule has 0 fully saturated rings. The van der Waals surface area contributed by atoms with E-state index in [1.165, 1.54) is 17.5 Å². The Morgan fingerprint density at radius 2 is 1.94 bits per heavy atom. The Morgan fingerprint density at radius 3 is 2.60 bits per heavy atom. The summed E-state index contributed by atoms with van der Waals surface area (Å²) in [5.41, 5.74) is 2.77. The number of aromatic nitrogens is 2. The third-order valence-electron chi connectivity index (χ3n) is 5.33. The SMILES string of the molecule is CCCCC(=O)NCCCn1c(-c2ccc(OCC)cc2)csc1=NC(=O)c1ccc(CO)nc1. The van der Waals surface area contributed by atoms with E-state index < -0.39 is 5.91 Å².